The highest BCUT2D eigenvalue weighted by atomic mass is 19.1. The van der Waals surface area contributed by atoms with Crippen molar-refractivity contribution >= 4 is 17.7 Å². The summed E-state index contributed by atoms with van der Waals surface area (Å²) >= 11 is 0. The molecule has 6 nitrogen and oxygen atoms in total. The molecule has 1 saturated carbocycles. The number of fused-ring (bicyclic) bond motifs is 1. The van der Waals surface area contributed by atoms with Crippen molar-refractivity contribution in [3.8, 4) is 0 Å². The average molecular weight is 389 g/mol. The highest BCUT2D eigenvalue weighted by molar-refractivity contribution is 5.94. The summed E-state index contributed by atoms with van der Waals surface area (Å²) in [6.45, 7) is 4.85. The number of hydrogen-bond donors (Lipinski definition) is 1. The van der Waals surface area contributed by atoms with Crippen LogP contribution in [0.1, 0.15) is 48.5 Å². The van der Waals surface area contributed by atoms with E-state index in [0.717, 1.165) is 19.3 Å². The molecule has 1 N–H and O–H groups in total. The first kappa shape index (κ1) is 20.3. The Morgan fingerprint density at radius 2 is 1.93 bits per heavy atom. The van der Waals surface area contributed by atoms with Crippen LogP contribution in [0.4, 0.5) is 4.39 Å². The summed E-state index contributed by atoms with van der Waals surface area (Å²) in [6.07, 6.45) is 3.18. The normalized spacial score (nSPS) is 23.6. The van der Waals surface area contributed by atoms with Gasteiger partial charge in [-0.05, 0) is 43.9 Å². The lowest BCUT2D eigenvalue weighted by atomic mass is 10.0. The minimum absolute atomic E-state index is 0.0394. The van der Waals surface area contributed by atoms with E-state index in [1.165, 1.54) is 13.0 Å². The van der Waals surface area contributed by atoms with Crippen molar-refractivity contribution in [1.29, 1.82) is 0 Å². The molecule has 1 aliphatic heterocycles. The minimum Gasteiger partial charge on any atom is -0.354 e. The fourth-order valence-electron chi connectivity index (χ4n) is 4.28. The maximum absolute atomic E-state index is 13.9. The Morgan fingerprint density at radius 3 is 2.64 bits per heavy atom. The van der Waals surface area contributed by atoms with Crippen LogP contribution >= 0.6 is 0 Å². The molecule has 1 aromatic rings. The van der Waals surface area contributed by atoms with E-state index < -0.39 is 5.82 Å². The molecule has 7 heteroatoms. The highest BCUT2D eigenvalue weighted by Gasteiger charge is 2.38. The van der Waals surface area contributed by atoms with E-state index >= 15 is 0 Å². The van der Waals surface area contributed by atoms with Gasteiger partial charge in [-0.1, -0.05) is 12.5 Å². The fraction of sp³-hybridized carbons (Fsp3) is 0.571. The Kier molecular flexibility index (Phi) is 6.31. The van der Waals surface area contributed by atoms with E-state index in [2.05, 4.69) is 5.32 Å². The fourth-order valence-corrected chi connectivity index (χ4v) is 4.28. The van der Waals surface area contributed by atoms with Crippen LogP contribution in [0.3, 0.4) is 0 Å². The molecule has 2 unspecified atom stereocenters. The molecule has 0 spiro atoms. The number of nitrogens with one attached hydrogen (secondary N) is 1. The van der Waals surface area contributed by atoms with Gasteiger partial charge in [0, 0.05) is 44.7 Å². The SMILES string of the molecule is CC(=O)N1CCCN(C(=O)c2ccc(C)c(F)c2)CCNC(=O)C2CCCC21. The quantitative estimate of drug-likeness (QED) is 0.800. The van der Waals surface area contributed by atoms with Crippen LogP contribution in [0.2, 0.25) is 0 Å². The Morgan fingerprint density at radius 1 is 1.14 bits per heavy atom. The van der Waals surface area contributed by atoms with E-state index in [0.29, 0.717) is 43.7 Å². The average Bonchev–Trinajstić information content (AvgIpc) is 3.13. The van der Waals surface area contributed by atoms with Crippen molar-refractivity contribution in [2.24, 2.45) is 5.92 Å². The molecule has 3 amide bonds. The molecule has 2 aliphatic rings. The zero-order chi connectivity index (χ0) is 20.3. The number of rotatable bonds is 1. The van der Waals surface area contributed by atoms with Gasteiger partial charge in [-0.2, -0.15) is 0 Å². The van der Waals surface area contributed by atoms with Crippen molar-refractivity contribution in [3.63, 3.8) is 0 Å². The van der Waals surface area contributed by atoms with Crippen molar-refractivity contribution < 1.29 is 18.8 Å². The number of amides is 3. The Balaban J connectivity index is 1.77. The molecule has 1 aliphatic carbocycles. The maximum atomic E-state index is 13.9. The zero-order valence-electron chi connectivity index (χ0n) is 16.5. The number of carbonyl (C=O) groups is 3. The van der Waals surface area contributed by atoms with Gasteiger partial charge < -0.3 is 15.1 Å². The van der Waals surface area contributed by atoms with Crippen LogP contribution in [-0.2, 0) is 9.59 Å². The molecule has 1 heterocycles. The molecule has 2 fully saturated rings. The van der Waals surface area contributed by atoms with Crippen molar-refractivity contribution in [2.45, 2.75) is 45.6 Å². The van der Waals surface area contributed by atoms with Crippen LogP contribution in [-0.4, -0.2) is 59.7 Å². The summed E-state index contributed by atoms with van der Waals surface area (Å²) in [5.41, 5.74) is 0.787. The van der Waals surface area contributed by atoms with Crippen molar-refractivity contribution in [3.05, 3.63) is 35.1 Å². The van der Waals surface area contributed by atoms with Gasteiger partial charge in [-0.15, -0.1) is 0 Å². The molecular formula is C21H28FN3O3. The molecule has 3 rings (SSSR count). The standard InChI is InChI=1S/C21H28FN3O3/c1-14-7-8-16(13-18(14)22)21(28)24-10-4-11-25(15(2)26)19-6-3-5-17(19)20(27)23-9-12-24/h7-8,13,17,19H,3-6,9-12H2,1-2H3,(H,23,27). The molecule has 0 aromatic heterocycles. The van der Waals surface area contributed by atoms with Crippen LogP contribution in [0.15, 0.2) is 18.2 Å². The molecule has 28 heavy (non-hydrogen) atoms. The van der Waals surface area contributed by atoms with Crippen LogP contribution in [0.25, 0.3) is 0 Å². The van der Waals surface area contributed by atoms with Gasteiger partial charge in [0.05, 0.1) is 5.92 Å². The monoisotopic (exact) mass is 389 g/mol. The van der Waals surface area contributed by atoms with Gasteiger partial charge in [0.2, 0.25) is 11.8 Å². The van der Waals surface area contributed by atoms with Crippen LogP contribution in [0, 0.1) is 18.7 Å². The largest absolute Gasteiger partial charge is 0.354 e. The summed E-state index contributed by atoms with van der Waals surface area (Å²) in [7, 11) is 0. The van der Waals surface area contributed by atoms with Gasteiger partial charge in [-0.3, -0.25) is 14.4 Å². The van der Waals surface area contributed by atoms with Crippen molar-refractivity contribution in [1.82, 2.24) is 15.1 Å². The van der Waals surface area contributed by atoms with Crippen LogP contribution in [0.5, 0.6) is 0 Å². The summed E-state index contributed by atoms with van der Waals surface area (Å²) in [4.78, 5) is 41.1. The Hall–Kier alpha value is -2.44. The Labute approximate surface area is 165 Å². The smallest absolute Gasteiger partial charge is 0.254 e. The van der Waals surface area contributed by atoms with Gasteiger partial charge in [0.1, 0.15) is 5.82 Å². The maximum Gasteiger partial charge on any atom is 0.254 e. The summed E-state index contributed by atoms with van der Waals surface area (Å²) < 4.78 is 13.9. The number of halogens is 1. The third kappa shape index (κ3) is 4.34. The number of aryl methyl sites for hydroxylation is 1. The molecular weight excluding hydrogens is 361 g/mol. The van der Waals surface area contributed by atoms with E-state index in [-0.39, 0.29) is 29.7 Å². The number of benzene rings is 1. The summed E-state index contributed by atoms with van der Waals surface area (Å²) in [6, 6.07) is 4.41. The van der Waals surface area contributed by atoms with E-state index in [9.17, 15) is 18.8 Å². The van der Waals surface area contributed by atoms with Crippen molar-refractivity contribution in [2.75, 3.05) is 26.2 Å². The third-order valence-corrected chi connectivity index (χ3v) is 5.84. The first-order valence-corrected chi connectivity index (χ1v) is 9.99. The second kappa shape index (κ2) is 8.71. The molecule has 1 saturated heterocycles. The first-order valence-electron chi connectivity index (χ1n) is 9.99. The van der Waals surface area contributed by atoms with E-state index in [1.54, 1.807) is 28.9 Å². The topological polar surface area (TPSA) is 69.7 Å². The molecule has 0 bridgehead atoms. The van der Waals surface area contributed by atoms with Gasteiger partial charge in [-0.25, -0.2) is 4.39 Å². The third-order valence-electron chi connectivity index (χ3n) is 5.84. The second-order valence-corrected chi connectivity index (χ2v) is 7.72. The van der Waals surface area contributed by atoms with Gasteiger partial charge in [0.15, 0.2) is 0 Å². The highest BCUT2D eigenvalue weighted by Crippen LogP contribution is 2.30. The molecule has 2 atom stereocenters. The number of nitrogens with zero attached hydrogens (tertiary/aromatic N) is 2. The number of carbonyl (C=O) groups excluding carboxylic acids is 3. The lowest BCUT2D eigenvalue weighted by Gasteiger charge is -2.31. The molecule has 0 radical (unpaired) electrons. The molecule has 152 valence electrons. The van der Waals surface area contributed by atoms with E-state index in [4.69, 9.17) is 0 Å². The van der Waals surface area contributed by atoms with Gasteiger partial charge >= 0.3 is 0 Å². The lowest BCUT2D eigenvalue weighted by Crippen LogP contribution is -2.46. The number of hydrogen-bond acceptors (Lipinski definition) is 3. The first-order chi connectivity index (χ1) is 13.4. The van der Waals surface area contributed by atoms with E-state index in [1.807, 2.05) is 0 Å². The molecule has 1 aromatic carbocycles. The van der Waals surface area contributed by atoms with Gasteiger partial charge in [0.25, 0.3) is 5.91 Å². The zero-order valence-corrected chi connectivity index (χ0v) is 16.5. The summed E-state index contributed by atoms with van der Waals surface area (Å²) in [5.74, 6) is -0.946. The second-order valence-electron chi connectivity index (χ2n) is 7.72. The predicted molar refractivity (Wildman–Crippen MR) is 103 cm³/mol. The summed E-state index contributed by atoms with van der Waals surface area (Å²) in [5, 5.41) is 2.92. The van der Waals surface area contributed by atoms with Crippen LogP contribution < -0.4 is 5.32 Å². The Bertz CT molecular complexity index is 767. The minimum atomic E-state index is -0.410. The lowest BCUT2D eigenvalue weighted by molar-refractivity contribution is -0.134. The predicted octanol–water partition coefficient (Wildman–Crippen LogP) is 2.11.